The normalized spacial score (nSPS) is 11.9. The van der Waals surface area contributed by atoms with Gasteiger partial charge in [0.1, 0.15) is 11.2 Å². The Hall–Kier alpha value is -1.40. The smallest absolute Gasteiger partial charge is 0.152 e. The molecular weight excluding hydrogens is 217 g/mol. The van der Waals surface area contributed by atoms with Crippen LogP contribution in [0.25, 0.3) is 0 Å². The lowest BCUT2D eigenvalue weighted by atomic mass is 10.00. The number of halogens is 2. The number of benzene rings is 1. The molecule has 1 rings (SSSR count). The van der Waals surface area contributed by atoms with E-state index in [9.17, 15) is 9.18 Å². The van der Waals surface area contributed by atoms with E-state index in [4.69, 9.17) is 16.9 Å². The third kappa shape index (κ3) is 2.77. The van der Waals surface area contributed by atoms with Crippen LogP contribution in [0.15, 0.2) is 18.2 Å². The molecule has 1 aromatic rings. The van der Waals surface area contributed by atoms with Crippen molar-refractivity contribution in [3.8, 4) is 6.07 Å². The minimum absolute atomic E-state index is 0.117. The third-order valence-electron chi connectivity index (χ3n) is 2.01. The predicted molar refractivity (Wildman–Crippen MR) is 55.0 cm³/mol. The van der Waals surface area contributed by atoms with Crippen molar-refractivity contribution < 1.29 is 9.18 Å². The molecule has 1 unspecified atom stereocenters. The molecule has 4 heteroatoms. The fourth-order valence-electron chi connectivity index (χ4n) is 1.27. The molecule has 0 saturated heterocycles. The summed E-state index contributed by atoms with van der Waals surface area (Å²) >= 11 is 5.83. The maximum atomic E-state index is 13.0. The van der Waals surface area contributed by atoms with Gasteiger partial charge in [-0.3, -0.25) is 4.79 Å². The summed E-state index contributed by atoms with van der Waals surface area (Å²) < 4.78 is 13.0. The molecule has 0 amide bonds. The van der Waals surface area contributed by atoms with E-state index >= 15 is 0 Å². The standard InChI is InChI=1S/C11H9ClFNO/c1-7(15)11(12)10-6-9(13)3-2-8(10)4-5-14/h2-3,6,11H,4H2,1H3. The summed E-state index contributed by atoms with van der Waals surface area (Å²) in [6.07, 6.45) is 0.117. The highest BCUT2D eigenvalue weighted by molar-refractivity contribution is 6.30. The van der Waals surface area contributed by atoms with Crippen LogP contribution in [-0.4, -0.2) is 5.78 Å². The zero-order valence-corrected chi connectivity index (χ0v) is 8.88. The zero-order valence-electron chi connectivity index (χ0n) is 8.13. The van der Waals surface area contributed by atoms with Gasteiger partial charge in [-0.05, 0) is 30.2 Å². The molecule has 1 aromatic carbocycles. The van der Waals surface area contributed by atoms with Crippen molar-refractivity contribution in [3.05, 3.63) is 35.1 Å². The lowest BCUT2D eigenvalue weighted by Crippen LogP contribution is -2.05. The first kappa shape index (κ1) is 11.7. The number of ketones is 1. The second-order valence-electron chi connectivity index (χ2n) is 3.15. The number of carbonyl (C=O) groups is 1. The first-order chi connectivity index (χ1) is 7.06. The number of hydrogen-bond donors (Lipinski definition) is 0. The fraction of sp³-hybridized carbons (Fsp3) is 0.273. The Kier molecular flexibility index (Phi) is 3.81. The topological polar surface area (TPSA) is 40.9 Å². The number of nitrogens with zero attached hydrogens (tertiary/aromatic N) is 1. The molecule has 0 bridgehead atoms. The van der Waals surface area contributed by atoms with Crippen LogP contribution in [0, 0.1) is 17.1 Å². The van der Waals surface area contributed by atoms with Crippen molar-refractivity contribution in [2.75, 3.05) is 0 Å². The molecule has 0 aromatic heterocycles. The number of alkyl halides is 1. The quantitative estimate of drug-likeness (QED) is 0.743. The lowest BCUT2D eigenvalue weighted by Gasteiger charge is -2.10. The summed E-state index contributed by atoms with van der Waals surface area (Å²) in [5.41, 5.74) is 0.972. The Morgan fingerprint density at radius 3 is 2.87 bits per heavy atom. The Balaban J connectivity index is 3.18. The van der Waals surface area contributed by atoms with Gasteiger partial charge in [-0.25, -0.2) is 4.39 Å². The average molecular weight is 226 g/mol. The molecule has 0 spiro atoms. The zero-order chi connectivity index (χ0) is 11.4. The van der Waals surface area contributed by atoms with Crippen LogP contribution in [0.1, 0.15) is 23.4 Å². The Bertz CT molecular complexity index is 425. The molecule has 0 N–H and O–H groups in total. The molecular formula is C11H9ClFNO. The summed E-state index contributed by atoms with van der Waals surface area (Å²) in [5, 5.41) is 7.68. The van der Waals surface area contributed by atoms with Crippen LogP contribution >= 0.6 is 11.6 Å². The minimum atomic E-state index is -0.885. The minimum Gasteiger partial charge on any atom is -0.298 e. The molecule has 0 aliphatic rings. The van der Waals surface area contributed by atoms with E-state index in [0.29, 0.717) is 11.1 Å². The SMILES string of the molecule is CC(=O)C(Cl)c1cc(F)ccc1CC#N. The molecule has 0 heterocycles. The van der Waals surface area contributed by atoms with Crippen molar-refractivity contribution in [1.29, 1.82) is 5.26 Å². The summed E-state index contributed by atoms with van der Waals surface area (Å²) in [4.78, 5) is 11.1. The average Bonchev–Trinajstić information content (AvgIpc) is 2.20. The summed E-state index contributed by atoms with van der Waals surface area (Å²) in [6.45, 7) is 1.33. The van der Waals surface area contributed by atoms with E-state index in [-0.39, 0.29) is 12.2 Å². The van der Waals surface area contributed by atoms with Crippen LogP contribution in [0.5, 0.6) is 0 Å². The molecule has 0 aliphatic carbocycles. The van der Waals surface area contributed by atoms with Gasteiger partial charge in [0.2, 0.25) is 0 Å². The van der Waals surface area contributed by atoms with Crippen LogP contribution in [0.3, 0.4) is 0 Å². The summed E-state index contributed by atoms with van der Waals surface area (Å²) in [6, 6.07) is 5.87. The largest absolute Gasteiger partial charge is 0.298 e. The van der Waals surface area contributed by atoms with Gasteiger partial charge in [-0.2, -0.15) is 5.26 Å². The Labute approximate surface area is 92.3 Å². The van der Waals surface area contributed by atoms with Crippen LogP contribution in [0.2, 0.25) is 0 Å². The van der Waals surface area contributed by atoms with Crippen LogP contribution in [-0.2, 0) is 11.2 Å². The van der Waals surface area contributed by atoms with Crippen LogP contribution in [0.4, 0.5) is 4.39 Å². The second-order valence-corrected chi connectivity index (χ2v) is 3.59. The van der Waals surface area contributed by atoms with Crippen molar-refractivity contribution >= 4 is 17.4 Å². The van der Waals surface area contributed by atoms with Gasteiger partial charge in [-0.1, -0.05) is 6.07 Å². The highest BCUT2D eigenvalue weighted by atomic mass is 35.5. The predicted octanol–water partition coefficient (Wildman–Crippen LogP) is 2.76. The highest BCUT2D eigenvalue weighted by Crippen LogP contribution is 2.26. The van der Waals surface area contributed by atoms with Crippen molar-refractivity contribution in [2.45, 2.75) is 18.7 Å². The molecule has 0 saturated carbocycles. The van der Waals surface area contributed by atoms with E-state index in [1.807, 2.05) is 6.07 Å². The van der Waals surface area contributed by atoms with Gasteiger partial charge >= 0.3 is 0 Å². The van der Waals surface area contributed by atoms with Crippen molar-refractivity contribution in [1.82, 2.24) is 0 Å². The maximum Gasteiger partial charge on any atom is 0.152 e. The van der Waals surface area contributed by atoms with E-state index in [1.54, 1.807) is 0 Å². The first-order valence-corrected chi connectivity index (χ1v) is 4.79. The lowest BCUT2D eigenvalue weighted by molar-refractivity contribution is -0.116. The molecule has 2 nitrogen and oxygen atoms in total. The number of carbonyl (C=O) groups excluding carboxylic acids is 1. The summed E-state index contributed by atoms with van der Waals surface area (Å²) in [5.74, 6) is -0.722. The van der Waals surface area contributed by atoms with Gasteiger partial charge in [0.15, 0.2) is 5.78 Å². The van der Waals surface area contributed by atoms with E-state index in [0.717, 1.165) is 0 Å². The maximum absolute atomic E-state index is 13.0. The molecule has 1 atom stereocenters. The Morgan fingerprint density at radius 1 is 1.67 bits per heavy atom. The van der Waals surface area contributed by atoms with Gasteiger partial charge in [-0.15, -0.1) is 11.6 Å². The Morgan fingerprint density at radius 2 is 2.33 bits per heavy atom. The first-order valence-electron chi connectivity index (χ1n) is 4.36. The van der Waals surface area contributed by atoms with E-state index in [2.05, 4.69) is 0 Å². The van der Waals surface area contributed by atoms with E-state index in [1.165, 1.54) is 25.1 Å². The molecule has 0 aliphatic heterocycles. The molecule has 15 heavy (non-hydrogen) atoms. The summed E-state index contributed by atoms with van der Waals surface area (Å²) in [7, 11) is 0. The highest BCUT2D eigenvalue weighted by Gasteiger charge is 2.17. The van der Waals surface area contributed by atoms with Crippen molar-refractivity contribution in [2.24, 2.45) is 0 Å². The number of Topliss-reactive ketones (excluding diaryl/α,β-unsaturated/α-hetero) is 1. The van der Waals surface area contributed by atoms with E-state index < -0.39 is 11.2 Å². The monoisotopic (exact) mass is 225 g/mol. The number of hydrogen-bond acceptors (Lipinski definition) is 2. The van der Waals surface area contributed by atoms with Gasteiger partial charge in [0, 0.05) is 0 Å². The number of nitriles is 1. The second kappa shape index (κ2) is 4.90. The fourth-order valence-corrected chi connectivity index (χ4v) is 1.47. The van der Waals surface area contributed by atoms with Gasteiger partial charge < -0.3 is 0 Å². The third-order valence-corrected chi connectivity index (χ3v) is 2.55. The molecule has 0 fully saturated rings. The molecule has 0 radical (unpaired) electrons. The van der Waals surface area contributed by atoms with Crippen LogP contribution < -0.4 is 0 Å². The van der Waals surface area contributed by atoms with Crippen molar-refractivity contribution in [3.63, 3.8) is 0 Å². The molecule has 78 valence electrons. The van der Waals surface area contributed by atoms with Gasteiger partial charge in [0.25, 0.3) is 0 Å². The van der Waals surface area contributed by atoms with Gasteiger partial charge in [0.05, 0.1) is 12.5 Å². The number of rotatable bonds is 3.